The molecule has 2 aliphatic heterocycles. The molecule has 2 aliphatic rings. The number of Topliss-reactive ketones (excluding diaryl/α,β-unsaturated/α-hetero) is 5. The van der Waals surface area contributed by atoms with E-state index in [1.807, 2.05) is 176 Å². The van der Waals surface area contributed by atoms with Crippen LogP contribution in [-0.4, -0.2) is 97.5 Å². The molecule has 7 N–H and O–H groups in total. The summed E-state index contributed by atoms with van der Waals surface area (Å²) in [6.45, 7) is 8.93. The first-order valence-electron chi connectivity index (χ1n) is 32.6. The fourth-order valence-electron chi connectivity index (χ4n) is 12.1. The topological polar surface area (TPSA) is 254 Å². The number of ketones is 5. The molecule has 0 bridgehead atoms. The lowest BCUT2D eigenvalue weighted by Crippen LogP contribution is -2.43. The molecule has 0 radical (unpaired) electrons. The number of fused-ring (bicyclic) bond motifs is 2. The van der Waals surface area contributed by atoms with Crippen molar-refractivity contribution in [3.63, 3.8) is 0 Å². The molecule has 2 aromatic heterocycles. The van der Waals surface area contributed by atoms with Crippen molar-refractivity contribution in [3.8, 4) is 22.5 Å². The molecule has 18 heteroatoms. The Balaban J connectivity index is 0.000000204. The molecule has 2 atom stereocenters. The Hall–Kier alpha value is -10.9. The number of likely N-dealkylation sites (tertiary alicyclic amines) is 2. The van der Waals surface area contributed by atoms with Crippen LogP contribution in [0.4, 0.5) is 17.1 Å². The number of amides is 4. The molecule has 0 unspecified atom stereocenters. The summed E-state index contributed by atoms with van der Waals surface area (Å²) >= 11 is 0. The SMILES string of the molecule is CC(=O)Cc1ccc(NN)cc1.CC(=O)Cc1ccc2[nH]c(-c3cccc(NC(C)=O)c3)cc2c1.CC(=O)Cc1cccc(C(C)=O)c1.Cl.O=C(Cc1ccc2[nH]c(-c3cccc(NC(=O)[C@@H]4CCCN4C(=O)Cc4ccccc4)c3)cc2c1)[C@@H]1CCCN1C(=O)Cc1ccccc1. The maximum atomic E-state index is 13.4. The molecular weight excluding hydrogens is 1250 g/mol. The van der Waals surface area contributed by atoms with Gasteiger partial charge in [-0.2, -0.15) is 0 Å². The lowest BCUT2D eigenvalue weighted by molar-refractivity contribution is -0.136. The van der Waals surface area contributed by atoms with Gasteiger partial charge >= 0.3 is 0 Å². The summed E-state index contributed by atoms with van der Waals surface area (Å²) in [6.07, 6.45) is 5.18. The van der Waals surface area contributed by atoms with Crippen LogP contribution >= 0.6 is 12.4 Å². The zero-order chi connectivity index (χ0) is 69.0. The van der Waals surface area contributed by atoms with Crippen LogP contribution in [0.5, 0.6) is 0 Å². The molecule has 2 fully saturated rings. The van der Waals surface area contributed by atoms with Crippen molar-refractivity contribution in [3.05, 3.63) is 245 Å². The van der Waals surface area contributed by atoms with Crippen molar-refractivity contribution >= 4 is 104 Å². The number of H-pyrrole nitrogens is 2. The van der Waals surface area contributed by atoms with Crippen LogP contribution in [0.1, 0.15) is 104 Å². The highest BCUT2D eigenvalue weighted by Crippen LogP contribution is 2.31. The largest absolute Gasteiger partial charge is 0.355 e. The number of benzene rings is 8. The number of nitrogen functional groups attached to an aromatic ring is 1. The molecule has 504 valence electrons. The minimum absolute atomic E-state index is 0. The van der Waals surface area contributed by atoms with E-state index in [-0.39, 0.29) is 83.8 Å². The average molecular weight is 1340 g/mol. The Morgan fingerprint density at radius 2 is 0.847 bits per heavy atom. The van der Waals surface area contributed by atoms with Crippen LogP contribution in [0, 0.1) is 0 Å². The van der Waals surface area contributed by atoms with Crippen LogP contribution in [0.15, 0.2) is 206 Å². The van der Waals surface area contributed by atoms with Crippen LogP contribution in [0.25, 0.3) is 44.3 Å². The third kappa shape index (κ3) is 21.1. The van der Waals surface area contributed by atoms with Gasteiger partial charge in [-0.25, -0.2) is 0 Å². The Morgan fingerprint density at radius 3 is 1.34 bits per heavy atom. The predicted octanol–water partition coefficient (Wildman–Crippen LogP) is 13.8. The summed E-state index contributed by atoms with van der Waals surface area (Å²) in [4.78, 5) is 118. The van der Waals surface area contributed by atoms with E-state index in [1.165, 1.54) is 13.8 Å². The van der Waals surface area contributed by atoms with E-state index in [9.17, 15) is 43.2 Å². The number of hydrogen-bond acceptors (Lipinski definition) is 11. The fraction of sp³-hybridized carbons (Fsp3) is 0.237. The maximum absolute atomic E-state index is 13.4. The maximum Gasteiger partial charge on any atom is 0.247 e. The van der Waals surface area contributed by atoms with E-state index >= 15 is 0 Å². The lowest BCUT2D eigenvalue weighted by Gasteiger charge is -2.24. The summed E-state index contributed by atoms with van der Waals surface area (Å²) < 4.78 is 0. The Bertz CT molecular complexity index is 4470. The van der Waals surface area contributed by atoms with Crippen molar-refractivity contribution in [1.82, 2.24) is 19.8 Å². The Morgan fingerprint density at radius 1 is 0.418 bits per heavy atom. The molecule has 4 amide bonds. The zero-order valence-electron chi connectivity index (χ0n) is 55.8. The Labute approximate surface area is 577 Å². The number of aromatic nitrogens is 2. The number of halogens is 1. The van der Waals surface area contributed by atoms with Gasteiger partial charge in [-0.05, 0) is 166 Å². The summed E-state index contributed by atoms with van der Waals surface area (Å²) in [7, 11) is 0. The minimum atomic E-state index is -0.493. The van der Waals surface area contributed by atoms with Gasteiger partial charge in [-0.1, -0.05) is 127 Å². The zero-order valence-corrected chi connectivity index (χ0v) is 56.6. The lowest BCUT2D eigenvalue weighted by atomic mass is 10.0. The molecule has 12 rings (SSSR count). The van der Waals surface area contributed by atoms with Gasteiger partial charge in [0, 0.05) is 113 Å². The molecule has 0 aliphatic carbocycles. The number of nitrogens with two attached hydrogens (primary N) is 1. The van der Waals surface area contributed by atoms with Crippen molar-refractivity contribution in [2.45, 2.75) is 111 Å². The van der Waals surface area contributed by atoms with Gasteiger partial charge in [0.25, 0.3) is 0 Å². The van der Waals surface area contributed by atoms with Crippen LogP contribution in [0.3, 0.4) is 0 Å². The summed E-state index contributed by atoms with van der Waals surface area (Å²) in [6, 6.07) is 64.5. The molecule has 4 heterocycles. The van der Waals surface area contributed by atoms with Crippen molar-refractivity contribution in [2.75, 3.05) is 29.1 Å². The van der Waals surface area contributed by atoms with E-state index in [4.69, 9.17) is 5.84 Å². The highest BCUT2D eigenvalue weighted by molar-refractivity contribution is 5.99. The van der Waals surface area contributed by atoms with Crippen molar-refractivity contribution in [1.29, 1.82) is 0 Å². The second kappa shape index (κ2) is 35.2. The predicted molar refractivity (Wildman–Crippen MR) is 390 cm³/mol. The second-order valence-electron chi connectivity index (χ2n) is 24.7. The number of carbonyl (C=O) groups is 9. The van der Waals surface area contributed by atoms with Gasteiger partial charge in [-0.15, -0.1) is 12.4 Å². The highest BCUT2D eigenvalue weighted by Gasteiger charge is 2.35. The number of aromatic amines is 2. The van der Waals surface area contributed by atoms with Gasteiger partial charge in [0.2, 0.25) is 23.6 Å². The quantitative estimate of drug-likeness (QED) is 0.0238. The number of rotatable bonds is 20. The third-order valence-corrected chi connectivity index (χ3v) is 16.7. The third-order valence-electron chi connectivity index (χ3n) is 16.7. The van der Waals surface area contributed by atoms with Gasteiger partial charge < -0.3 is 35.8 Å². The Kier molecular flexibility index (Phi) is 26.2. The van der Waals surface area contributed by atoms with Gasteiger partial charge in [-0.3, -0.25) is 49.0 Å². The molecule has 17 nitrogen and oxygen atoms in total. The molecular formula is C80H83ClN8O9. The summed E-state index contributed by atoms with van der Waals surface area (Å²) in [5.41, 5.74) is 17.0. The molecule has 8 aromatic carbocycles. The molecule has 0 saturated carbocycles. The number of nitrogens with one attached hydrogen (secondary N) is 5. The smallest absolute Gasteiger partial charge is 0.247 e. The monoisotopic (exact) mass is 1330 g/mol. The van der Waals surface area contributed by atoms with Crippen molar-refractivity contribution in [2.24, 2.45) is 5.84 Å². The van der Waals surface area contributed by atoms with E-state index < -0.39 is 6.04 Å². The van der Waals surface area contributed by atoms with E-state index in [2.05, 4.69) is 38.2 Å². The van der Waals surface area contributed by atoms with E-state index in [1.54, 1.807) is 48.8 Å². The first-order chi connectivity index (χ1) is 46.7. The molecule has 98 heavy (non-hydrogen) atoms. The highest BCUT2D eigenvalue weighted by atomic mass is 35.5. The second-order valence-corrected chi connectivity index (χ2v) is 24.7. The standard InChI is InChI=1S/C41H40N4O4.C19H18N2O2.C11H12O2.C9H12N2O.ClH/c46-38(36-16-8-20-44(36)39(47)24-28-10-3-1-4-11-28)23-30-18-19-34-32(22-30)27-35(43-34)31-14-7-15-33(26-31)42-41(49)37-17-9-21-45(37)40(48)25-29-12-5-2-6-13-29;1-12(22)8-14-6-7-18-16(9-14)11-19(21-18)15-4-3-5-17(10-15)20-13(2)23;1-8(12)6-10-4-3-5-11(7-10)9(2)13;1-7(12)6-8-2-4-9(11-10)5-3-8;/h1-7,10-15,18-19,22,26-27,36-37,43H,8-9,16-17,20-21,23-25H2,(H,42,49);3-7,9-11,21H,8H2,1-2H3,(H,20,23);3-5,7H,6H2,1-2H3;2-5,11H,6,10H2,1H3;1H/t36-,37-;;;;/m0..../s1. The average Bonchev–Trinajstić information content (AvgIpc) is 1.62. The fourth-order valence-corrected chi connectivity index (χ4v) is 12.1. The molecule has 0 spiro atoms. The minimum Gasteiger partial charge on any atom is -0.355 e. The summed E-state index contributed by atoms with van der Waals surface area (Å²) in [5.74, 6) is 5.43. The first-order valence-corrected chi connectivity index (χ1v) is 32.6. The number of hydrazine groups is 1. The van der Waals surface area contributed by atoms with E-state index in [0.29, 0.717) is 62.9 Å². The molecule has 10 aromatic rings. The molecule has 2 saturated heterocycles. The van der Waals surface area contributed by atoms with Crippen LogP contribution in [-0.2, 0) is 76.9 Å². The first kappa shape index (κ1) is 72.9. The van der Waals surface area contributed by atoms with Gasteiger partial charge in [0.05, 0.1) is 18.9 Å². The van der Waals surface area contributed by atoms with Crippen molar-refractivity contribution < 1.29 is 43.2 Å². The van der Waals surface area contributed by atoms with Gasteiger partial charge in [0.15, 0.2) is 11.6 Å². The number of anilines is 3. The summed E-state index contributed by atoms with van der Waals surface area (Å²) in [5, 5.41) is 7.89. The number of carbonyl (C=O) groups excluding carboxylic acids is 9. The van der Waals surface area contributed by atoms with E-state index in [0.717, 1.165) is 102 Å². The normalized spacial score (nSPS) is 13.7. The van der Waals surface area contributed by atoms with Crippen LogP contribution < -0.4 is 21.9 Å². The number of hydrogen-bond donors (Lipinski definition) is 6. The van der Waals surface area contributed by atoms with Gasteiger partial charge in [0.1, 0.15) is 23.4 Å². The number of nitrogens with zero attached hydrogens (tertiary/aromatic N) is 2. The van der Waals surface area contributed by atoms with Crippen LogP contribution in [0.2, 0.25) is 0 Å².